The lowest BCUT2D eigenvalue weighted by Gasteiger charge is -2.25. The molecule has 1 rings (SSSR count). The zero-order valence-electron chi connectivity index (χ0n) is 12.1. The molecule has 0 aliphatic carbocycles. The summed E-state index contributed by atoms with van der Waals surface area (Å²) in [6, 6.07) is 3.53. The summed E-state index contributed by atoms with van der Waals surface area (Å²) in [5.41, 5.74) is 0. The van der Waals surface area contributed by atoms with E-state index < -0.39 is 0 Å². The summed E-state index contributed by atoms with van der Waals surface area (Å²) < 4.78 is 10.3. The number of hydrogen-bond acceptors (Lipinski definition) is 4. The first kappa shape index (κ1) is 15.7. The number of ether oxygens (including phenoxy) is 1. The van der Waals surface area contributed by atoms with E-state index in [0.29, 0.717) is 19.1 Å². The third-order valence-corrected chi connectivity index (χ3v) is 3.03. The molecular formula is C14H24N2O3. The first-order valence-corrected chi connectivity index (χ1v) is 6.59. The highest BCUT2D eigenvalue weighted by Crippen LogP contribution is 2.04. The Bertz CT molecular complexity index is 363. The van der Waals surface area contributed by atoms with Crippen molar-refractivity contribution in [3.05, 3.63) is 24.2 Å². The van der Waals surface area contributed by atoms with Crippen LogP contribution in [0.25, 0.3) is 0 Å². The molecule has 5 nitrogen and oxygen atoms in total. The van der Waals surface area contributed by atoms with Gasteiger partial charge in [-0.3, -0.25) is 4.79 Å². The molecule has 0 bridgehead atoms. The maximum absolute atomic E-state index is 11.9. The zero-order valence-corrected chi connectivity index (χ0v) is 12.1. The van der Waals surface area contributed by atoms with Crippen molar-refractivity contribution >= 4 is 5.91 Å². The maximum Gasteiger partial charge on any atom is 0.237 e. The van der Waals surface area contributed by atoms with Gasteiger partial charge in [-0.1, -0.05) is 13.8 Å². The van der Waals surface area contributed by atoms with E-state index in [0.717, 1.165) is 5.76 Å². The minimum Gasteiger partial charge on any atom is -0.467 e. The smallest absolute Gasteiger partial charge is 0.237 e. The van der Waals surface area contributed by atoms with E-state index in [1.54, 1.807) is 19.4 Å². The quantitative estimate of drug-likeness (QED) is 0.751. The van der Waals surface area contributed by atoms with Crippen molar-refractivity contribution in [2.24, 2.45) is 5.92 Å². The number of nitrogens with one attached hydrogen (secondary N) is 2. The van der Waals surface area contributed by atoms with E-state index in [1.807, 2.05) is 13.0 Å². The van der Waals surface area contributed by atoms with E-state index in [9.17, 15) is 4.79 Å². The molecule has 2 N–H and O–H groups in total. The molecule has 0 aliphatic heterocycles. The van der Waals surface area contributed by atoms with Crippen LogP contribution in [0.5, 0.6) is 0 Å². The molecule has 1 aromatic heterocycles. The number of furan rings is 1. The van der Waals surface area contributed by atoms with Crippen molar-refractivity contribution in [2.75, 3.05) is 13.7 Å². The van der Waals surface area contributed by atoms with Crippen LogP contribution in [0.2, 0.25) is 0 Å². The van der Waals surface area contributed by atoms with Gasteiger partial charge in [-0.2, -0.15) is 0 Å². The molecule has 108 valence electrons. The number of carbonyl (C=O) groups excluding carboxylic acids is 1. The summed E-state index contributed by atoms with van der Waals surface area (Å²) in [4.78, 5) is 11.9. The van der Waals surface area contributed by atoms with Gasteiger partial charge in [0.15, 0.2) is 0 Å². The molecule has 0 aliphatic rings. The third kappa shape index (κ3) is 5.44. The van der Waals surface area contributed by atoms with Crippen molar-refractivity contribution in [1.82, 2.24) is 10.6 Å². The highest BCUT2D eigenvalue weighted by molar-refractivity contribution is 5.81. The Labute approximate surface area is 114 Å². The van der Waals surface area contributed by atoms with Crippen LogP contribution >= 0.6 is 0 Å². The molecule has 1 heterocycles. The van der Waals surface area contributed by atoms with Crippen LogP contribution in [-0.2, 0) is 16.1 Å². The summed E-state index contributed by atoms with van der Waals surface area (Å²) in [6.07, 6.45) is 1.59. The van der Waals surface area contributed by atoms with Gasteiger partial charge in [0.05, 0.1) is 25.5 Å². The van der Waals surface area contributed by atoms with Crippen molar-refractivity contribution in [3.63, 3.8) is 0 Å². The Balaban J connectivity index is 2.38. The van der Waals surface area contributed by atoms with Crippen LogP contribution in [0.4, 0.5) is 0 Å². The van der Waals surface area contributed by atoms with E-state index >= 15 is 0 Å². The minimum absolute atomic E-state index is 0.0434. The molecule has 19 heavy (non-hydrogen) atoms. The summed E-state index contributed by atoms with van der Waals surface area (Å²) >= 11 is 0. The SMILES string of the molecule is COCC(NC(C)C(=O)NCc1ccco1)C(C)C. The first-order valence-electron chi connectivity index (χ1n) is 6.59. The molecule has 0 aromatic carbocycles. The molecule has 5 heteroatoms. The van der Waals surface area contributed by atoms with Gasteiger partial charge in [0.2, 0.25) is 5.91 Å². The fourth-order valence-electron chi connectivity index (χ4n) is 1.75. The van der Waals surface area contributed by atoms with Gasteiger partial charge in [0, 0.05) is 13.2 Å². The number of methoxy groups -OCH3 is 1. The van der Waals surface area contributed by atoms with Crippen LogP contribution in [0, 0.1) is 5.92 Å². The molecule has 1 aromatic rings. The number of hydrogen-bond donors (Lipinski definition) is 2. The number of rotatable bonds is 8. The molecular weight excluding hydrogens is 244 g/mol. The van der Waals surface area contributed by atoms with Crippen molar-refractivity contribution in [2.45, 2.75) is 39.4 Å². The molecule has 0 saturated carbocycles. The fraction of sp³-hybridized carbons (Fsp3) is 0.643. The molecule has 0 saturated heterocycles. The van der Waals surface area contributed by atoms with Gasteiger partial charge in [0.1, 0.15) is 5.76 Å². The Morgan fingerprint density at radius 2 is 2.16 bits per heavy atom. The van der Waals surface area contributed by atoms with Crippen LogP contribution in [-0.4, -0.2) is 31.7 Å². The monoisotopic (exact) mass is 268 g/mol. The normalized spacial score (nSPS) is 14.4. The second-order valence-corrected chi connectivity index (χ2v) is 4.99. The molecule has 2 unspecified atom stereocenters. The van der Waals surface area contributed by atoms with Gasteiger partial charge in [0.25, 0.3) is 0 Å². The minimum atomic E-state index is -0.266. The van der Waals surface area contributed by atoms with Crippen LogP contribution in [0.15, 0.2) is 22.8 Å². The summed E-state index contributed by atoms with van der Waals surface area (Å²) in [7, 11) is 1.67. The highest BCUT2D eigenvalue weighted by atomic mass is 16.5. The van der Waals surface area contributed by atoms with Crippen molar-refractivity contribution in [3.8, 4) is 0 Å². The van der Waals surface area contributed by atoms with Gasteiger partial charge in [-0.05, 0) is 25.0 Å². The lowest BCUT2D eigenvalue weighted by atomic mass is 10.0. The summed E-state index contributed by atoms with van der Waals surface area (Å²) in [5.74, 6) is 1.11. The summed E-state index contributed by atoms with van der Waals surface area (Å²) in [6.45, 7) is 7.05. The van der Waals surface area contributed by atoms with E-state index in [1.165, 1.54) is 0 Å². The predicted octanol–water partition coefficient (Wildman–Crippen LogP) is 1.54. The van der Waals surface area contributed by atoms with Gasteiger partial charge < -0.3 is 19.8 Å². The van der Waals surface area contributed by atoms with Crippen LogP contribution in [0.3, 0.4) is 0 Å². The second kappa shape index (κ2) is 7.96. The standard InChI is InChI=1S/C14H24N2O3/c1-10(2)13(9-18-4)16-11(3)14(17)15-8-12-6-5-7-19-12/h5-7,10-11,13,16H,8-9H2,1-4H3,(H,15,17). The predicted molar refractivity (Wildman–Crippen MR) is 73.7 cm³/mol. The molecule has 0 radical (unpaired) electrons. The van der Waals surface area contributed by atoms with Gasteiger partial charge >= 0.3 is 0 Å². The average molecular weight is 268 g/mol. The van der Waals surface area contributed by atoms with Gasteiger partial charge in [-0.25, -0.2) is 0 Å². The average Bonchev–Trinajstić information content (AvgIpc) is 2.88. The number of amides is 1. The lowest BCUT2D eigenvalue weighted by Crippen LogP contribution is -2.49. The van der Waals surface area contributed by atoms with Crippen molar-refractivity contribution in [1.29, 1.82) is 0 Å². The zero-order chi connectivity index (χ0) is 14.3. The molecule has 0 fully saturated rings. The van der Waals surface area contributed by atoms with E-state index in [4.69, 9.17) is 9.15 Å². The number of carbonyl (C=O) groups is 1. The second-order valence-electron chi connectivity index (χ2n) is 4.99. The van der Waals surface area contributed by atoms with Crippen molar-refractivity contribution < 1.29 is 13.9 Å². The molecule has 0 spiro atoms. The fourth-order valence-corrected chi connectivity index (χ4v) is 1.75. The molecule has 2 atom stereocenters. The maximum atomic E-state index is 11.9. The third-order valence-electron chi connectivity index (χ3n) is 3.03. The topological polar surface area (TPSA) is 63.5 Å². The molecule has 1 amide bonds. The van der Waals surface area contributed by atoms with E-state index in [-0.39, 0.29) is 18.0 Å². The Morgan fingerprint density at radius 1 is 1.42 bits per heavy atom. The Kier molecular flexibility index (Phi) is 6.59. The largest absolute Gasteiger partial charge is 0.467 e. The first-order chi connectivity index (χ1) is 9.04. The summed E-state index contributed by atoms with van der Waals surface area (Å²) in [5, 5.41) is 6.11. The Morgan fingerprint density at radius 3 is 2.68 bits per heavy atom. The Hall–Kier alpha value is -1.33. The highest BCUT2D eigenvalue weighted by Gasteiger charge is 2.20. The van der Waals surface area contributed by atoms with Crippen LogP contribution < -0.4 is 10.6 Å². The van der Waals surface area contributed by atoms with Crippen LogP contribution in [0.1, 0.15) is 26.5 Å². The lowest BCUT2D eigenvalue weighted by molar-refractivity contribution is -0.123. The van der Waals surface area contributed by atoms with Gasteiger partial charge in [-0.15, -0.1) is 0 Å². The van der Waals surface area contributed by atoms with E-state index in [2.05, 4.69) is 24.5 Å².